The van der Waals surface area contributed by atoms with E-state index in [1.165, 1.54) is 0 Å². The van der Waals surface area contributed by atoms with Crippen LogP contribution < -0.4 is 0 Å². The Labute approximate surface area is 108 Å². The Kier molecular flexibility index (Phi) is 3.85. The Morgan fingerprint density at radius 2 is 2.11 bits per heavy atom. The molecule has 1 aliphatic rings. The Bertz CT molecular complexity index is 436. The van der Waals surface area contributed by atoms with E-state index in [0.717, 1.165) is 24.8 Å². The fraction of sp³-hybridized carbons (Fsp3) is 0.438. The second-order valence-electron chi connectivity index (χ2n) is 4.96. The molecule has 2 nitrogen and oxygen atoms in total. The van der Waals surface area contributed by atoms with Crippen LogP contribution in [0.25, 0.3) is 0 Å². The third-order valence-corrected chi connectivity index (χ3v) is 4.12. The number of rotatable bonds is 4. The molecule has 0 bridgehead atoms. The lowest BCUT2D eigenvalue weighted by atomic mass is 9.65. The first-order chi connectivity index (χ1) is 8.71. The summed E-state index contributed by atoms with van der Waals surface area (Å²) in [6, 6.07) is 9.67. The van der Waals surface area contributed by atoms with Crippen molar-refractivity contribution in [1.82, 2.24) is 0 Å². The van der Waals surface area contributed by atoms with Crippen LogP contribution >= 0.6 is 0 Å². The summed E-state index contributed by atoms with van der Waals surface area (Å²) < 4.78 is 0. The Morgan fingerprint density at radius 3 is 2.61 bits per heavy atom. The summed E-state index contributed by atoms with van der Waals surface area (Å²) in [7, 11) is 0. The number of carboxylic acids is 1. The molecule has 2 unspecified atom stereocenters. The maximum absolute atomic E-state index is 11.9. The number of aliphatic carboxylic acids is 1. The van der Waals surface area contributed by atoms with Crippen LogP contribution in [-0.2, 0) is 10.2 Å². The third kappa shape index (κ3) is 2.07. The molecular formula is C16H20O2. The summed E-state index contributed by atoms with van der Waals surface area (Å²) in [5.74, 6) is -0.594. The van der Waals surface area contributed by atoms with Crippen LogP contribution in [0, 0.1) is 5.92 Å². The van der Waals surface area contributed by atoms with E-state index in [-0.39, 0.29) is 5.92 Å². The molecule has 1 N–H and O–H groups in total. The van der Waals surface area contributed by atoms with Crippen LogP contribution in [-0.4, -0.2) is 11.1 Å². The number of carboxylic acid groups (broad SMARTS) is 1. The highest BCUT2D eigenvalue weighted by Crippen LogP contribution is 2.41. The molecule has 18 heavy (non-hydrogen) atoms. The van der Waals surface area contributed by atoms with Crippen LogP contribution in [0.4, 0.5) is 0 Å². The number of hydrogen-bond acceptors (Lipinski definition) is 1. The van der Waals surface area contributed by atoms with Gasteiger partial charge in [0.2, 0.25) is 0 Å². The van der Waals surface area contributed by atoms with E-state index in [0.29, 0.717) is 6.42 Å². The zero-order chi connectivity index (χ0) is 13.0. The van der Waals surface area contributed by atoms with Crippen molar-refractivity contribution in [2.45, 2.75) is 38.0 Å². The van der Waals surface area contributed by atoms with Crippen molar-refractivity contribution in [1.29, 1.82) is 0 Å². The van der Waals surface area contributed by atoms with Crippen LogP contribution in [0.1, 0.15) is 38.2 Å². The Morgan fingerprint density at radius 1 is 1.39 bits per heavy atom. The molecule has 1 aromatic rings. The van der Waals surface area contributed by atoms with Crippen LogP contribution in [0.15, 0.2) is 42.5 Å². The van der Waals surface area contributed by atoms with Crippen molar-refractivity contribution in [2.24, 2.45) is 5.92 Å². The van der Waals surface area contributed by atoms with Crippen molar-refractivity contribution < 1.29 is 9.90 Å². The summed E-state index contributed by atoms with van der Waals surface area (Å²) >= 11 is 0. The van der Waals surface area contributed by atoms with Gasteiger partial charge in [0.1, 0.15) is 0 Å². The number of benzene rings is 1. The molecule has 0 saturated heterocycles. The van der Waals surface area contributed by atoms with E-state index < -0.39 is 11.4 Å². The maximum atomic E-state index is 11.9. The monoisotopic (exact) mass is 244 g/mol. The predicted octanol–water partition coefficient (Wildman–Crippen LogP) is 3.78. The van der Waals surface area contributed by atoms with E-state index in [2.05, 4.69) is 12.2 Å². The zero-order valence-corrected chi connectivity index (χ0v) is 10.8. The molecule has 0 aliphatic heterocycles. The van der Waals surface area contributed by atoms with Gasteiger partial charge in [0, 0.05) is 0 Å². The SMILES string of the molecule is CCC(C(=O)O)(c1ccccc1)C1C=CCCC1. The molecule has 0 radical (unpaired) electrons. The first-order valence-electron chi connectivity index (χ1n) is 6.67. The van der Waals surface area contributed by atoms with Gasteiger partial charge in [0.05, 0.1) is 5.41 Å². The van der Waals surface area contributed by atoms with Gasteiger partial charge in [0.25, 0.3) is 0 Å². The average molecular weight is 244 g/mol. The average Bonchev–Trinajstić information content (AvgIpc) is 2.42. The molecule has 96 valence electrons. The van der Waals surface area contributed by atoms with Gasteiger partial charge in [-0.3, -0.25) is 4.79 Å². The van der Waals surface area contributed by atoms with Gasteiger partial charge in [-0.15, -0.1) is 0 Å². The highest BCUT2D eigenvalue weighted by atomic mass is 16.4. The zero-order valence-electron chi connectivity index (χ0n) is 10.8. The van der Waals surface area contributed by atoms with E-state index >= 15 is 0 Å². The lowest BCUT2D eigenvalue weighted by Gasteiger charge is -2.36. The summed E-state index contributed by atoms with van der Waals surface area (Å²) in [6.45, 7) is 1.98. The van der Waals surface area contributed by atoms with Crippen molar-refractivity contribution >= 4 is 5.97 Å². The van der Waals surface area contributed by atoms with E-state index in [9.17, 15) is 9.90 Å². The van der Waals surface area contributed by atoms with Gasteiger partial charge >= 0.3 is 5.97 Å². The molecule has 0 fully saturated rings. The van der Waals surface area contributed by atoms with Crippen LogP contribution in [0.5, 0.6) is 0 Å². The molecule has 2 heteroatoms. The summed E-state index contributed by atoms with van der Waals surface area (Å²) in [6.07, 6.45) is 7.99. The molecule has 0 amide bonds. The van der Waals surface area contributed by atoms with Crippen LogP contribution in [0.3, 0.4) is 0 Å². The van der Waals surface area contributed by atoms with Gasteiger partial charge in [-0.1, -0.05) is 49.4 Å². The minimum absolute atomic E-state index is 0.108. The van der Waals surface area contributed by atoms with Gasteiger partial charge in [0.15, 0.2) is 0 Å². The fourth-order valence-corrected chi connectivity index (χ4v) is 3.07. The smallest absolute Gasteiger partial charge is 0.314 e. The van der Waals surface area contributed by atoms with E-state index in [1.807, 2.05) is 37.3 Å². The van der Waals surface area contributed by atoms with Gasteiger partial charge in [-0.05, 0) is 37.2 Å². The molecule has 0 aromatic heterocycles. The minimum atomic E-state index is -0.766. The first-order valence-corrected chi connectivity index (χ1v) is 6.67. The van der Waals surface area contributed by atoms with Gasteiger partial charge in [-0.2, -0.15) is 0 Å². The lowest BCUT2D eigenvalue weighted by Crippen LogP contribution is -2.42. The highest BCUT2D eigenvalue weighted by Gasteiger charge is 2.44. The predicted molar refractivity (Wildman–Crippen MR) is 72.5 cm³/mol. The molecule has 1 aliphatic carbocycles. The second kappa shape index (κ2) is 5.38. The molecule has 0 saturated carbocycles. The Balaban J connectivity index is 2.49. The number of allylic oxidation sites excluding steroid dienone is 2. The topological polar surface area (TPSA) is 37.3 Å². The van der Waals surface area contributed by atoms with Gasteiger partial charge in [-0.25, -0.2) is 0 Å². The first kappa shape index (κ1) is 12.9. The van der Waals surface area contributed by atoms with Gasteiger partial charge < -0.3 is 5.11 Å². The number of hydrogen-bond donors (Lipinski definition) is 1. The van der Waals surface area contributed by atoms with Crippen molar-refractivity contribution in [3.63, 3.8) is 0 Å². The standard InChI is InChI=1S/C16H20O2/c1-2-16(15(17)18,13-9-5-3-6-10-13)14-11-7-4-8-12-14/h3,5-7,9-11,14H,2,4,8,12H2,1H3,(H,17,18). The highest BCUT2D eigenvalue weighted by molar-refractivity contribution is 5.82. The minimum Gasteiger partial charge on any atom is -0.481 e. The molecule has 0 heterocycles. The molecule has 0 spiro atoms. The second-order valence-corrected chi connectivity index (χ2v) is 4.96. The Hall–Kier alpha value is -1.57. The lowest BCUT2D eigenvalue weighted by molar-refractivity contribution is -0.146. The normalized spacial score (nSPS) is 22.4. The summed E-state index contributed by atoms with van der Waals surface area (Å²) in [4.78, 5) is 11.9. The van der Waals surface area contributed by atoms with Crippen molar-refractivity contribution in [2.75, 3.05) is 0 Å². The summed E-state index contributed by atoms with van der Waals surface area (Å²) in [5, 5.41) is 9.80. The molecule has 1 aromatic carbocycles. The number of carbonyl (C=O) groups is 1. The molecular weight excluding hydrogens is 224 g/mol. The molecule has 2 rings (SSSR count). The van der Waals surface area contributed by atoms with Crippen LogP contribution in [0.2, 0.25) is 0 Å². The summed E-state index contributed by atoms with van der Waals surface area (Å²) in [5.41, 5.74) is 0.162. The maximum Gasteiger partial charge on any atom is 0.314 e. The molecule has 2 atom stereocenters. The third-order valence-electron chi connectivity index (χ3n) is 4.12. The van der Waals surface area contributed by atoms with E-state index in [1.54, 1.807) is 0 Å². The van der Waals surface area contributed by atoms with Crippen molar-refractivity contribution in [3.05, 3.63) is 48.0 Å². The fourth-order valence-electron chi connectivity index (χ4n) is 3.07. The van der Waals surface area contributed by atoms with E-state index in [4.69, 9.17) is 0 Å². The largest absolute Gasteiger partial charge is 0.481 e. The van der Waals surface area contributed by atoms with Crippen molar-refractivity contribution in [3.8, 4) is 0 Å². The quantitative estimate of drug-likeness (QED) is 0.818.